The lowest BCUT2D eigenvalue weighted by Crippen LogP contribution is -2.04. The first-order valence-corrected chi connectivity index (χ1v) is 9.12. The largest absolute Gasteiger partial charge is 0.493 e. The highest BCUT2D eigenvalue weighted by Crippen LogP contribution is 2.37. The molecule has 1 aliphatic rings. The van der Waals surface area contributed by atoms with Gasteiger partial charge < -0.3 is 18.6 Å². The minimum absolute atomic E-state index is 0.118. The normalized spacial score (nSPS) is 14.6. The summed E-state index contributed by atoms with van der Waals surface area (Å²) in [6.07, 6.45) is 3.04. The number of carbonyl (C=O) groups is 1. The highest BCUT2D eigenvalue weighted by atomic mass is 35.5. The van der Waals surface area contributed by atoms with Crippen molar-refractivity contribution in [1.82, 2.24) is 0 Å². The van der Waals surface area contributed by atoms with Crippen molar-refractivity contribution in [3.63, 3.8) is 0 Å². The minimum atomic E-state index is -0.573. The van der Waals surface area contributed by atoms with Crippen molar-refractivity contribution >= 4 is 29.5 Å². The van der Waals surface area contributed by atoms with Crippen LogP contribution in [0.3, 0.4) is 0 Å². The lowest BCUT2D eigenvalue weighted by molar-refractivity contribution is -0.130. The van der Waals surface area contributed by atoms with Crippen molar-refractivity contribution in [2.45, 2.75) is 6.61 Å². The van der Waals surface area contributed by atoms with E-state index in [0.717, 1.165) is 5.56 Å². The summed E-state index contributed by atoms with van der Waals surface area (Å²) < 4.78 is 21.6. The Hall–Kier alpha value is -3.51. The summed E-state index contributed by atoms with van der Waals surface area (Å²) in [6.45, 7) is 0.348. The average molecular weight is 410 g/mol. The van der Waals surface area contributed by atoms with Gasteiger partial charge in [-0.15, -0.1) is 0 Å². The lowest BCUT2D eigenvalue weighted by atomic mass is 10.1. The molecule has 0 aliphatic carbocycles. The van der Waals surface area contributed by atoms with E-state index in [1.165, 1.54) is 13.4 Å². The summed E-state index contributed by atoms with van der Waals surface area (Å²) in [5.41, 5.74) is 1.76. The molecule has 7 heteroatoms. The number of methoxy groups -OCH3 is 1. The van der Waals surface area contributed by atoms with Crippen LogP contribution in [-0.4, -0.2) is 19.0 Å². The molecule has 6 nitrogen and oxygen atoms in total. The van der Waals surface area contributed by atoms with Gasteiger partial charge in [-0.3, -0.25) is 0 Å². The van der Waals surface area contributed by atoms with E-state index in [0.29, 0.717) is 34.5 Å². The van der Waals surface area contributed by atoms with Crippen molar-refractivity contribution < 1.29 is 23.4 Å². The molecule has 0 fully saturated rings. The highest BCUT2D eigenvalue weighted by Gasteiger charge is 2.26. The van der Waals surface area contributed by atoms with E-state index >= 15 is 0 Å². The van der Waals surface area contributed by atoms with Crippen molar-refractivity contribution in [2.75, 3.05) is 7.11 Å². The quantitative estimate of drug-likeness (QED) is 0.429. The molecular formula is C22H16ClNO5. The topological polar surface area (TPSA) is 70.3 Å². The van der Waals surface area contributed by atoms with Crippen LogP contribution in [0.25, 0.3) is 6.08 Å². The van der Waals surface area contributed by atoms with E-state index in [2.05, 4.69) is 4.99 Å². The maximum Gasteiger partial charge on any atom is 0.363 e. The Morgan fingerprint density at radius 1 is 1.14 bits per heavy atom. The number of ether oxygens (including phenoxy) is 3. The molecule has 2 heterocycles. The highest BCUT2D eigenvalue weighted by molar-refractivity contribution is 6.32. The summed E-state index contributed by atoms with van der Waals surface area (Å²) in [6, 6.07) is 16.5. The number of furan rings is 1. The van der Waals surface area contributed by atoms with Crippen LogP contribution in [0.4, 0.5) is 0 Å². The summed E-state index contributed by atoms with van der Waals surface area (Å²) in [4.78, 5) is 16.3. The van der Waals surface area contributed by atoms with Crippen LogP contribution in [0.2, 0.25) is 5.02 Å². The Morgan fingerprint density at radius 3 is 2.69 bits per heavy atom. The first-order chi connectivity index (χ1) is 14.1. The van der Waals surface area contributed by atoms with E-state index in [1.807, 2.05) is 30.3 Å². The van der Waals surface area contributed by atoms with Crippen LogP contribution in [0, 0.1) is 0 Å². The molecule has 0 atom stereocenters. The van der Waals surface area contributed by atoms with Gasteiger partial charge in [-0.05, 0) is 41.5 Å². The van der Waals surface area contributed by atoms with Gasteiger partial charge >= 0.3 is 5.97 Å². The zero-order chi connectivity index (χ0) is 20.2. The maximum absolute atomic E-state index is 12.1. The molecule has 0 amide bonds. The van der Waals surface area contributed by atoms with Crippen molar-refractivity contribution in [3.8, 4) is 11.5 Å². The smallest absolute Gasteiger partial charge is 0.363 e. The lowest BCUT2D eigenvalue weighted by Gasteiger charge is -2.13. The number of esters is 1. The van der Waals surface area contributed by atoms with E-state index in [1.54, 1.807) is 30.3 Å². The third kappa shape index (κ3) is 4.17. The van der Waals surface area contributed by atoms with Crippen molar-refractivity contribution in [2.24, 2.45) is 4.99 Å². The molecule has 146 valence electrons. The third-order valence-corrected chi connectivity index (χ3v) is 4.41. The van der Waals surface area contributed by atoms with Crippen molar-refractivity contribution in [3.05, 3.63) is 88.5 Å². The monoisotopic (exact) mass is 409 g/mol. The summed E-state index contributed by atoms with van der Waals surface area (Å²) in [7, 11) is 1.52. The predicted molar refractivity (Wildman–Crippen MR) is 108 cm³/mol. The van der Waals surface area contributed by atoms with Gasteiger partial charge in [0.15, 0.2) is 23.0 Å². The molecule has 0 unspecified atom stereocenters. The Balaban J connectivity index is 1.59. The van der Waals surface area contributed by atoms with Crippen LogP contribution in [-0.2, 0) is 16.1 Å². The number of hydrogen-bond donors (Lipinski definition) is 0. The maximum atomic E-state index is 12.1. The minimum Gasteiger partial charge on any atom is -0.493 e. The zero-order valence-electron chi connectivity index (χ0n) is 15.4. The number of cyclic esters (lactones) is 1. The number of benzene rings is 2. The molecule has 1 aromatic heterocycles. The fraction of sp³-hybridized carbons (Fsp3) is 0.0909. The molecule has 3 aromatic rings. The Morgan fingerprint density at radius 2 is 1.97 bits per heavy atom. The molecule has 29 heavy (non-hydrogen) atoms. The van der Waals surface area contributed by atoms with Gasteiger partial charge in [0.05, 0.1) is 18.4 Å². The van der Waals surface area contributed by atoms with Crippen molar-refractivity contribution in [1.29, 1.82) is 0 Å². The molecule has 2 aromatic carbocycles. The number of halogens is 1. The van der Waals surface area contributed by atoms with E-state index in [9.17, 15) is 4.79 Å². The van der Waals surface area contributed by atoms with E-state index in [-0.39, 0.29) is 11.6 Å². The molecule has 0 saturated heterocycles. The first-order valence-electron chi connectivity index (χ1n) is 8.75. The van der Waals surface area contributed by atoms with Gasteiger partial charge in [-0.2, -0.15) is 0 Å². The number of rotatable bonds is 6. The molecule has 0 bridgehead atoms. The average Bonchev–Trinajstić information content (AvgIpc) is 3.38. The molecule has 0 spiro atoms. The molecular weight excluding hydrogens is 394 g/mol. The number of hydrogen-bond acceptors (Lipinski definition) is 6. The second-order valence-electron chi connectivity index (χ2n) is 6.12. The Bertz CT molecular complexity index is 1090. The van der Waals surface area contributed by atoms with Gasteiger partial charge in [0, 0.05) is 0 Å². The standard InChI is InChI=1S/C22H16ClNO5/c1-26-19-12-15(10-16(23)20(19)28-13-14-6-3-2-4-7-14)11-17-22(25)29-21(24-17)18-8-5-9-27-18/h2-12H,13H2,1H3/b17-11-. The van der Waals surface area contributed by atoms with Gasteiger partial charge in [0.1, 0.15) is 6.61 Å². The summed E-state index contributed by atoms with van der Waals surface area (Å²) in [5, 5.41) is 0.355. The number of carbonyl (C=O) groups excluding carboxylic acids is 1. The van der Waals surface area contributed by atoms with Crippen LogP contribution in [0.1, 0.15) is 16.9 Å². The second-order valence-corrected chi connectivity index (χ2v) is 6.53. The fourth-order valence-electron chi connectivity index (χ4n) is 2.77. The van der Waals surface area contributed by atoms with Gasteiger partial charge in [-0.1, -0.05) is 41.9 Å². The van der Waals surface area contributed by atoms with Crippen LogP contribution >= 0.6 is 11.6 Å². The molecule has 4 rings (SSSR count). The van der Waals surface area contributed by atoms with E-state index in [4.69, 9.17) is 30.2 Å². The predicted octanol–water partition coefficient (Wildman–Crippen LogP) is 4.87. The molecule has 0 N–H and O–H groups in total. The van der Waals surface area contributed by atoms with Crippen LogP contribution < -0.4 is 9.47 Å². The number of aliphatic imine (C=N–C) groups is 1. The SMILES string of the molecule is COc1cc(/C=C2\N=C(c3ccco3)OC2=O)cc(Cl)c1OCc1ccccc1. The molecule has 0 radical (unpaired) electrons. The Labute approximate surface area is 172 Å². The fourth-order valence-corrected chi connectivity index (χ4v) is 3.04. The third-order valence-electron chi connectivity index (χ3n) is 4.13. The molecule has 1 aliphatic heterocycles. The number of nitrogens with zero attached hydrogens (tertiary/aromatic N) is 1. The van der Waals surface area contributed by atoms with Gasteiger partial charge in [-0.25, -0.2) is 9.79 Å². The Kier molecular flexibility index (Phi) is 5.35. The summed E-state index contributed by atoms with van der Waals surface area (Å²) >= 11 is 6.41. The summed E-state index contributed by atoms with van der Waals surface area (Å²) in [5.74, 6) is 0.792. The van der Waals surface area contributed by atoms with Crippen LogP contribution in [0.15, 0.2) is 76.0 Å². The van der Waals surface area contributed by atoms with E-state index < -0.39 is 5.97 Å². The zero-order valence-corrected chi connectivity index (χ0v) is 16.2. The first kappa shape index (κ1) is 18.8. The molecule has 0 saturated carbocycles. The van der Waals surface area contributed by atoms with Crippen LogP contribution in [0.5, 0.6) is 11.5 Å². The van der Waals surface area contributed by atoms with Gasteiger partial charge in [0.2, 0.25) is 0 Å². The van der Waals surface area contributed by atoms with Gasteiger partial charge in [0.25, 0.3) is 5.90 Å². The second kappa shape index (κ2) is 8.24.